The van der Waals surface area contributed by atoms with E-state index in [4.69, 9.17) is 19.0 Å². The molecule has 0 spiro atoms. The molecule has 0 bridgehead atoms. The van der Waals surface area contributed by atoms with Crippen LogP contribution in [0, 0.1) is 0 Å². The number of benzene rings is 3. The number of esters is 1. The minimum Gasteiger partial charge on any atom is -0.460 e. The summed E-state index contributed by atoms with van der Waals surface area (Å²) in [5.74, 6) is -0.972. The van der Waals surface area contributed by atoms with Gasteiger partial charge in [-0.2, -0.15) is 0 Å². The van der Waals surface area contributed by atoms with Gasteiger partial charge in [0.25, 0.3) is 0 Å². The van der Waals surface area contributed by atoms with Gasteiger partial charge in [-0.1, -0.05) is 80.7 Å². The smallest absolute Gasteiger partial charge is 0.333 e. The number of carbonyl (C=O) groups is 3. The molecule has 9 heteroatoms. The summed E-state index contributed by atoms with van der Waals surface area (Å²) in [5, 5.41) is 6.13. The van der Waals surface area contributed by atoms with Gasteiger partial charge in [-0.25, -0.2) is 9.59 Å². The largest absolute Gasteiger partial charge is 0.460 e. The fourth-order valence-corrected chi connectivity index (χ4v) is 5.51. The molecule has 0 radical (unpaired) electrons. The monoisotopic (exact) mass is 654 g/mol. The zero-order valence-electron chi connectivity index (χ0n) is 28.5. The van der Waals surface area contributed by atoms with Gasteiger partial charge < -0.3 is 23.6 Å². The van der Waals surface area contributed by atoms with E-state index in [1.165, 1.54) is 13.3 Å². The fraction of sp³-hybridized carbons (Fsp3) is 0.385. The Kier molecular flexibility index (Phi) is 13.6. The van der Waals surface area contributed by atoms with E-state index in [0.29, 0.717) is 42.0 Å². The summed E-state index contributed by atoms with van der Waals surface area (Å²) in [6, 6.07) is 21.1. The molecule has 1 heterocycles. The Morgan fingerprint density at radius 1 is 0.792 bits per heavy atom. The molecule has 4 rings (SSSR count). The predicted molar refractivity (Wildman–Crippen MR) is 188 cm³/mol. The molecule has 0 aliphatic rings. The van der Waals surface area contributed by atoms with Crippen LogP contribution in [0.15, 0.2) is 84.0 Å². The van der Waals surface area contributed by atoms with Crippen LogP contribution in [0.2, 0.25) is 0 Å². The molecule has 254 valence electrons. The van der Waals surface area contributed by atoms with Crippen molar-refractivity contribution in [2.24, 2.45) is 5.16 Å². The Labute approximate surface area is 282 Å². The molecule has 0 N–H and O–H groups in total. The van der Waals surface area contributed by atoms with Crippen LogP contribution in [-0.2, 0) is 35.2 Å². The molecule has 0 aliphatic heterocycles. The number of hydrogen-bond donors (Lipinski definition) is 0. The summed E-state index contributed by atoms with van der Waals surface area (Å²) in [6.45, 7) is 11.7. The quantitative estimate of drug-likeness (QED) is 0.0147. The Bertz CT molecular complexity index is 1760. The number of oxime groups is 1. The predicted octanol–water partition coefficient (Wildman–Crippen LogP) is 8.15. The minimum absolute atomic E-state index is 0.0537. The number of ketones is 1. The van der Waals surface area contributed by atoms with Crippen molar-refractivity contribution in [3.05, 3.63) is 95.6 Å². The van der Waals surface area contributed by atoms with E-state index in [1.807, 2.05) is 60.7 Å². The van der Waals surface area contributed by atoms with Crippen molar-refractivity contribution in [1.82, 2.24) is 4.57 Å². The molecule has 1 unspecified atom stereocenters. The topological polar surface area (TPSA) is 105 Å². The lowest BCUT2D eigenvalue weighted by molar-refractivity contribution is -0.154. The third kappa shape index (κ3) is 9.95. The standard InChI is InChI=1S/C39H46N2O7/c1-6-7-8-9-13-16-35(40-48-28(4)42)31-17-19-36-33(25-31)34-26-32(38(43)30-14-11-10-12-15-30)18-20-37(34)41(36)21-22-45-29(5)46-23-24-47-39(44)27(2)3/h10-12,14-15,17-20,25-26,29H,2,6-9,13,16,21-24H2,1,3-5H3/b40-35+. The molecule has 3 aromatic carbocycles. The number of carbonyl (C=O) groups excluding carboxylic acids is 3. The lowest BCUT2D eigenvalue weighted by Gasteiger charge is -2.15. The molecule has 9 nitrogen and oxygen atoms in total. The molecule has 0 amide bonds. The van der Waals surface area contributed by atoms with Crippen LogP contribution >= 0.6 is 0 Å². The highest BCUT2D eigenvalue weighted by Gasteiger charge is 2.17. The second-order valence-electron chi connectivity index (χ2n) is 11.8. The van der Waals surface area contributed by atoms with Gasteiger partial charge in [0.15, 0.2) is 12.1 Å². The first-order chi connectivity index (χ1) is 23.2. The number of nitrogens with zero attached hydrogens (tertiary/aromatic N) is 2. The van der Waals surface area contributed by atoms with Gasteiger partial charge in [0.2, 0.25) is 0 Å². The zero-order chi connectivity index (χ0) is 34.5. The van der Waals surface area contributed by atoms with E-state index >= 15 is 0 Å². The van der Waals surface area contributed by atoms with Gasteiger partial charge in [-0.3, -0.25) is 4.79 Å². The third-order valence-corrected chi connectivity index (χ3v) is 7.98. The maximum Gasteiger partial charge on any atom is 0.333 e. The summed E-state index contributed by atoms with van der Waals surface area (Å²) in [6.07, 6.45) is 5.66. The molecule has 4 aromatic rings. The lowest BCUT2D eigenvalue weighted by atomic mass is 9.99. The molecule has 0 saturated carbocycles. The average molecular weight is 655 g/mol. The first-order valence-electron chi connectivity index (χ1n) is 16.7. The SMILES string of the molecule is C=C(C)C(=O)OCCOC(C)OCCn1c2ccc(C(=O)c3ccccc3)cc2c2cc(/C(CCCCCCC)=N/OC(C)=O)ccc21. The summed E-state index contributed by atoms with van der Waals surface area (Å²) in [5.41, 5.74) is 5.05. The fourth-order valence-electron chi connectivity index (χ4n) is 5.51. The minimum atomic E-state index is -0.513. The van der Waals surface area contributed by atoms with Gasteiger partial charge in [-0.15, -0.1) is 0 Å². The van der Waals surface area contributed by atoms with Crippen molar-refractivity contribution in [2.75, 3.05) is 19.8 Å². The van der Waals surface area contributed by atoms with Crippen LogP contribution in [0.4, 0.5) is 0 Å². The third-order valence-electron chi connectivity index (χ3n) is 7.98. The Morgan fingerprint density at radius 2 is 1.44 bits per heavy atom. The molecule has 1 aromatic heterocycles. The number of rotatable bonds is 19. The number of ether oxygens (including phenoxy) is 3. The van der Waals surface area contributed by atoms with Gasteiger partial charge >= 0.3 is 11.9 Å². The molecule has 0 saturated heterocycles. The Balaban J connectivity index is 1.62. The van der Waals surface area contributed by atoms with Gasteiger partial charge in [0, 0.05) is 57.5 Å². The Morgan fingerprint density at radius 3 is 2.10 bits per heavy atom. The van der Waals surface area contributed by atoms with Crippen LogP contribution in [0.25, 0.3) is 21.8 Å². The first-order valence-corrected chi connectivity index (χ1v) is 16.7. The highest BCUT2D eigenvalue weighted by atomic mass is 16.7. The lowest BCUT2D eigenvalue weighted by Crippen LogP contribution is -2.20. The van der Waals surface area contributed by atoms with Crippen LogP contribution in [0.1, 0.15) is 87.7 Å². The van der Waals surface area contributed by atoms with E-state index in [-0.39, 0.29) is 19.0 Å². The molecule has 0 fully saturated rings. The second-order valence-corrected chi connectivity index (χ2v) is 11.8. The number of hydrogen-bond acceptors (Lipinski definition) is 8. The summed E-state index contributed by atoms with van der Waals surface area (Å²) in [7, 11) is 0. The second kappa shape index (κ2) is 18.1. The maximum atomic E-state index is 13.4. The van der Waals surface area contributed by atoms with E-state index < -0.39 is 18.2 Å². The van der Waals surface area contributed by atoms with Crippen molar-refractivity contribution in [1.29, 1.82) is 0 Å². The van der Waals surface area contributed by atoms with Gasteiger partial charge in [-0.05, 0) is 57.0 Å². The summed E-state index contributed by atoms with van der Waals surface area (Å²) >= 11 is 0. The highest BCUT2D eigenvalue weighted by molar-refractivity contribution is 6.16. The van der Waals surface area contributed by atoms with Crippen LogP contribution in [-0.4, -0.2) is 54.1 Å². The number of aromatic nitrogens is 1. The summed E-state index contributed by atoms with van der Waals surface area (Å²) in [4.78, 5) is 41.8. The van der Waals surface area contributed by atoms with Crippen molar-refractivity contribution >= 4 is 45.2 Å². The van der Waals surface area contributed by atoms with Crippen LogP contribution < -0.4 is 0 Å². The molecule has 0 aliphatic carbocycles. The van der Waals surface area contributed by atoms with Gasteiger partial charge in [0.1, 0.15) is 6.61 Å². The van der Waals surface area contributed by atoms with Crippen LogP contribution in [0.3, 0.4) is 0 Å². The van der Waals surface area contributed by atoms with E-state index in [9.17, 15) is 14.4 Å². The normalized spacial score (nSPS) is 12.3. The van der Waals surface area contributed by atoms with E-state index in [0.717, 1.165) is 53.1 Å². The van der Waals surface area contributed by atoms with Crippen molar-refractivity contribution < 1.29 is 33.4 Å². The maximum absolute atomic E-state index is 13.4. The highest BCUT2D eigenvalue weighted by Crippen LogP contribution is 2.32. The molecule has 1 atom stereocenters. The van der Waals surface area contributed by atoms with E-state index in [2.05, 4.69) is 29.3 Å². The molecule has 48 heavy (non-hydrogen) atoms. The average Bonchev–Trinajstić information content (AvgIpc) is 3.39. The molecular formula is C39H46N2O7. The Hall–Kier alpha value is -4.60. The first kappa shape index (κ1) is 36.2. The van der Waals surface area contributed by atoms with Crippen molar-refractivity contribution in [3.8, 4) is 0 Å². The number of unbranched alkanes of at least 4 members (excludes halogenated alkanes) is 4. The van der Waals surface area contributed by atoms with Gasteiger partial charge in [0.05, 0.1) is 18.9 Å². The van der Waals surface area contributed by atoms with E-state index in [1.54, 1.807) is 13.8 Å². The van der Waals surface area contributed by atoms with Crippen molar-refractivity contribution in [2.45, 2.75) is 79.1 Å². The summed E-state index contributed by atoms with van der Waals surface area (Å²) < 4.78 is 18.9. The zero-order valence-corrected chi connectivity index (χ0v) is 28.5. The van der Waals surface area contributed by atoms with Crippen molar-refractivity contribution in [3.63, 3.8) is 0 Å². The molecular weight excluding hydrogens is 608 g/mol. The van der Waals surface area contributed by atoms with Crippen LogP contribution in [0.5, 0.6) is 0 Å². The number of fused-ring (bicyclic) bond motifs is 3.